The second-order valence-electron chi connectivity index (χ2n) is 2.24. The topological polar surface area (TPSA) is 24.4 Å². The molecule has 0 aromatic rings. The quantitative estimate of drug-likeness (QED) is 0.529. The van der Waals surface area contributed by atoms with E-state index in [-0.39, 0.29) is 0 Å². The van der Waals surface area contributed by atoms with Crippen molar-refractivity contribution in [3.63, 3.8) is 0 Å². The zero-order valence-electron chi connectivity index (χ0n) is 5.23. The predicted octanol–water partition coefficient (Wildman–Crippen LogP) is 0.757. The van der Waals surface area contributed by atoms with Crippen LogP contribution in [-0.4, -0.2) is 12.4 Å². The van der Waals surface area contributed by atoms with Gasteiger partial charge in [-0.2, -0.15) is 0 Å². The fraction of sp³-hybridized carbons (Fsp3) is 0.667. The van der Waals surface area contributed by atoms with Gasteiger partial charge in [-0.05, 0) is 5.92 Å². The van der Waals surface area contributed by atoms with E-state index in [9.17, 15) is 0 Å². The molecule has 0 amide bonds. The van der Waals surface area contributed by atoms with Gasteiger partial charge in [0.05, 0.1) is 6.54 Å². The fourth-order valence-electron chi connectivity index (χ4n) is 0.609. The molecular formula is C6H10N2. The zero-order valence-corrected chi connectivity index (χ0v) is 5.23. The molecule has 0 unspecified atom stereocenters. The smallest absolute Gasteiger partial charge is 0.0640 e. The van der Waals surface area contributed by atoms with Crippen LogP contribution in [-0.2, 0) is 0 Å². The van der Waals surface area contributed by atoms with Gasteiger partial charge in [0, 0.05) is 11.4 Å². The maximum atomic E-state index is 3.75. The van der Waals surface area contributed by atoms with Gasteiger partial charge >= 0.3 is 0 Å². The summed E-state index contributed by atoms with van der Waals surface area (Å²) in [5.74, 6) is 3.48. The van der Waals surface area contributed by atoms with Crippen molar-refractivity contribution in [1.82, 2.24) is 5.43 Å². The first-order chi connectivity index (χ1) is 3.80. The van der Waals surface area contributed by atoms with Crippen molar-refractivity contribution in [3.05, 3.63) is 5.57 Å². The number of nitrogens with zero attached hydrogens (tertiary/aromatic N) is 1. The summed E-state index contributed by atoms with van der Waals surface area (Å²) in [7, 11) is 0. The average molecular weight is 110 g/mol. The number of hydrogen-bond acceptors (Lipinski definition) is 2. The van der Waals surface area contributed by atoms with Gasteiger partial charge < -0.3 is 0 Å². The van der Waals surface area contributed by atoms with Crippen LogP contribution in [0.5, 0.6) is 0 Å². The van der Waals surface area contributed by atoms with Crippen LogP contribution in [0.1, 0.15) is 13.8 Å². The lowest BCUT2D eigenvalue weighted by Gasteiger charge is -1.99. The molecule has 0 bridgehead atoms. The Morgan fingerprint density at radius 1 is 1.75 bits per heavy atom. The second-order valence-corrected chi connectivity index (χ2v) is 2.24. The third-order valence-electron chi connectivity index (χ3n) is 1.24. The Kier molecular flexibility index (Phi) is 1.36. The highest BCUT2D eigenvalue weighted by molar-refractivity contribution is 5.60. The molecule has 0 fully saturated rings. The molecule has 0 spiro atoms. The standard InChI is InChI=1S/C6H10N2/c1-5(2)6-3-7-8-4-6/h5,7H,3H2,1-2H3. The van der Waals surface area contributed by atoms with Crippen LogP contribution in [0.4, 0.5) is 0 Å². The maximum absolute atomic E-state index is 3.75. The van der Waals surface area contributed by atoms with Gasteiger partial charge in [-0.3, -0.25) is 5.43 Å². The molecule has 1 heterocycles. The minimum Gasteiger partial charge on any atom is -0.297 e. The Labute approximate surface area is 49.3 Å². The first-order valence-corrected chi connectivity index (χ1v) is 2.85. The van der Waals surface area contributed by atoms with Crippen molar-refractivity contribution < 1.29 is 0 Å². The highest BCUT2D eigenvalue weighted by atomic mass is 15.3. The van der Waals surface area contributed by atoms with E-state index in [2.05, 4.69) is 30.2 Å². The van der Waals surface area contributed by atoms with Crippen molar-refractivity contribution in [2.75, 3.05) is 6.54 Å². The van der Waals surface area contributed by atoms with Crippen molar-refractivity contribution in [2.45, 2.75) is 13.8 Å². The lowest BCUT2D eigenvalue weighted by atomic mass is 10.1. The van der Waals surface area contributed by atoms with Crippen LogP contribution in [0.2, 0.25) is 0 Å². The van der Waals surface area contributed by atoms with E-state index in [1.165, 1.54) is 5.57 Å². The molecule has 1 N–H and O–H groups in total. The number of rotatable bonds is 1. The predicted molar refractivity (Wildman–Crippen MR) is 33.8 cm³/mol. The lowest BCUT2D eigenvalue weighted by molar-refractivity contribution is 0.716. The Hall–Kier alpha value is -0.750. The van der Waals surface area contributed by atoms with Gasteiger partial charge in [0.2, 0.25) is 0 Å². The summed E-state index contributed by atoms with van der Waals surface area (Å²) in [5, 5.41) is 3.75. The largest absolute Gasteiger partial charge is 0.297 e. The molecule has 1 aliphatic heterocycles. The number of hydrazone groups is 1. The molecule has 0 radical (unpaired) electrons. The van der Waals surface area contributed by atoms with Crippen molar-refractivity contribution in [2.24, 2.45) is 11.0 Å². The van der Waals surface area contributed by atoms with Gasteiger partial charge in [0.15, 0.2) is 0 Å². The molecule has 0 saturated carbocycles. The molecule has 2 nitrogen and oxygen atoms in total. The minimum atomic E-state index is 0.591. The Bertz CT molecular complexity index is 141. The molecule has 0 aromatic heterocycles. The summed E-state index contributed by atoms with van der Waals surface area (Å²) < 4.78 is 0. The van der Waals surface area contributed by atoms with Crippen LogP contribution in [0.25, 0.3) is 0 Å². The van der Waals surface area contributed by atoms with E-state index in [0.29, 0.717) is 5.92 Å². The second kappa shape index (κ2) is 2.01. The molecule has 0 saturated heterocycles. The molecular weight excluding hydrogens is 100 g/mol. The minimum absolute atomic E-state index is 0.591. The third-order valence-corrected chi connectivity index (χ3v) is 1.24. The normalized spacial score (nSPS) is 16.6. The van der Waals surface area contributed by atoms with Crippen molar-refractivity contribution >= 4 is 5.87 Å². The Morgan fingerprint density at radius 3 is 2.75 bits per heavy atom. The zero-order chi connectivity index (χ0) is 5.98. The van der Waals surface area contributed by atoms with E-state index < -0.39 is 0 Å². The number of nitrogens with one attached hydrogen (secondary N) is 1. The lowest BCUT2D eigenvalue weighted by Crippen LogP contribution is -2.06. The first kappa shape index (κ1) is 5.39. The van der Waals surface area contributed by atoms with E-state index in [0.717, 1.165) is 6.54 Å². The Balaban J connectivity index is 2.60. The summed E-state index contributed by atoms with van der Waals surface area (Å²) in [6, 6.07) is 0. The van der Waals surface area contributed by atoms with Crippen molar-refractivity contribution in [3.8, 4) is 0 Å². The SMILES string of the molecule is CC(C)C1=C=NNC1. The van der Waals surface area contributed by atoms with Gasteiger partial charge in [0.1, 0.15) is 0 Å². The summed E-state index contributed by atoms with van der Waals surface area (Å²) in [5.41, 5.74) is 4.10. The van der Waals surface area contributed by atoms with Crippen LogP contribution in [0, 0.1) is 5.92 Å². The third kappa shape index (κ3) is 0.903. The van der Waals surface area contributed by atoms with Gasteiger partial charge in [-0.25, -0.2) is 0 Å². The summed E-state index contributed by atoms with van der Waals surface area (Å²) in [6.45, 7) is 5.17. The molecule has 2 heteroatoms. The average Bonchev–Trinajstić information content (AvgIpc) is 2.12. The molecule has 0 atom stereocenters. The van der Waals surface area contributed by atoms with Crippen LogP contribution in [0.15, 0.2) is 10.7 Å². The fourth-order valence-corrected chi connectivity index (χ4v) is 0.609. The maximum Gasteiger partial charge on any atom is 0.0640 e. The molecule has 1 rings (SSSR count). The monoisotopic (exact) mass is 110 g/mol. The number of hydrogen-bond donors (Lipinski definition) is 1. The van der Waals surface area contributed by atoms with Crippen LogP contribution < -0.4 is 5.43 Å². The summed E-state index contributed by atoms with van der Waals surface area (Å²) in [4.78, 5) is 0. The van der Waals surface area contributed by atoms with Gasteiger partial charge in [0.25, 0.3) is 0 Å². The molecule has 1 aliphatic rings. The highest BCUT2D eigenvalue weighted by Crippen LogP contribution is 2.05. The van der Waals surface area contributed by atoms with E-state index >= 15 is 0 Å². The van der Waals surface area contributed by atoms with E-state index in [1.807, 2.05) is 0 Å². The summed E-state index contributed by atoms with van der Waals surface area (Å²) in [6.07, 6.45) is 0. The summed E-state index contributed by atoms with van der Waals surface area (Å²) >= 11 is 0. The molecule has 44 valence electrons. The highest BCUT2D eigenvalue weighted by Gasteiger charge is 2.04. The van der Waals surface area contributed by atoms with Gasteiger partial charge in [-0.1, -0.05) is 13.8 Å². The molecule has 0 aliphatic carbocycles. The van der Waals surface area contributed by atoms with E-state index in [1.54, 1.807) is 0 Å². The molecule has 0 aromatic carbocycles. The van der Waals surface area contributed by atoms with Crippen molar-refractivity contribution in [1.29, 1.82) is 0 Å². The Morgan fingerprint density at radius 2 is 2.50 bits per heavy atom. The van der Waals surface area contributed by atoms with Gasteiger partial charge in [-0.15, -0.1) is 5.10 Å². The first-order valence-electron chi connectivity index (χ1n) is 2.85. The van der Waals surface area contributed by atoms with Crippen LogP contribution >= 0.6 is 0 Å². The molecule has 8 heavy (non-hydrogen) atoms. The van der Waals surface area contributed by atoms with E-state index in [4.69, 9.17) is 0 Å². The van der Waals surface area contributed by atoms with Crippen LogP contribution in [0.3, 0.4) is 0 Å².